The van der Waals surface area contributed by atoms with Crippen LogP contribution in [0.3, 0.4) is 0 Å². The molecule has 0 fully saturated rings. The van der Waals surface area contributed by atoms with Gasteiger partial charge in [0, 0.05) is 20.6 Å². The van der Waals surface area contributed by atoms with Gasteiger partial charge in [-0.2, -0.15) is 0 Å². The number of rotatable bonds is 21. The standard InChI is InChI=1S/C21H43O7P/c1-4-5-6-7-8-9-10-11-12-13-14-15-16-17-21(23)27-18-20(22)19-28-29(24,25-2)26-3/h20,22H,4-19H2,1-3H3/t20-/m1/s1. The van der Waals surface area contributed by atoms with E-state index in [1.165, 1.54) is 78.4 Å². The maximum atomic E-state index is 11.7. The number of phosphoric ester groups is 1. The van der Waals surface area contributed by atoms with Crippen molar-refractivity contribution in [2.75, 3.05) is 27.4 Å². The topological polar surface area (TPSA) is 91.3 Å². The maximum absolute atomic E-state index is 11.7. The highest BCUT2D eigenvalue weighted by Crippen LogP contribution is 2.47. The number of carbonyl (C=O) groups excluding carboxylic acids is 1. The van der Waals surface area contributed by atoms with Crippen molar-refractivity contribution in [1.82, 2.24) is 0 Å². The van der Waals surface area contributed by atoms with E-state index < -0.39 is 13.9 Å². The third-order valence-corrected chi connectivity index (χ3v) is 6.15. The van der Waals surface area contributed by atoms with Crippen LogP contribution in [-0.2, 0) is 27.7 Å². The second-order valence-electron chi connectivity index (χ2n) is 7.44. The zero-order chi connectivity index (χ0) is 21.8. The second kappa shape index (κ2) is 19.5. The second-order valence-corrected chi connectivity index (χ2v) is 9.32. The average Bonchev–Trinajstić information content (AvgIpc) is 2.73. The molecule has 0 aliphatic heterocycles. The summed E-state index contributed by atoms with van der Waals surface area (Å²) in [5.74, 6) is -0.339. The Bertz CT molecular complexity index is 423. The van der Waals surface area contributed by atoms with Crippen molar-refractivity contribution in [1.29, 1.82) is 0 Å². The van der Waals surface area contributed by atoms with E-state index in [1.807, 2.05) is 0 Å². The van der Waals surface area contributed by atoms with Crippen LogP contribution < -0.4 is 0 Å². The van der Waals surface area contributed by atoms with E-state index in [2.05, 4.69) is 16.0 Å². The van der Waals surface area contributed by atoms with Crippen molar-refractivity contribution in [2.24, 2.45) is 0 Å². The molecule has 7 nitrogen and oxygen atoms in total. The molecule has 1 atom stereocenters. The summed E-state index contributed by atoms with van der Waals surface area (Å²) in [6, 6.07) is 0. The van der Waals surface area contributed by atoms with E-state index in [4.69, 9.17) is 9.26 Å². The van der Waals surface area contributed by atoms with E-state index in [0.717, 1.165) is 19.3 Å². The molecule has 174 valence electrons. The van der Waals surface area contributed by atoms with E-state index in [9.17, 15) is 14.5 Å². The van der Waals surface area contributed by atoms with Crippen molar-refractivity contribution >= 4 is 13.8 Å². The predicted octanol–water partition coefficient (Wildman–Crippen LogP) is 5.79. The maximum Gasteiger partial charge on any atom is 0.474 e. The molecule has 0 aromatic heterocycles. The van der Waals surface area contributed by atoms with Gasteiger partial charge in [-0.25, -0.2) is 4.57 Å². The van der Waals surface area contributed by atoms with Gasteiger partial charge in [-0.15, -0.1) is 0 Å². The molecular formula is C21H43O7P. The van der Waals surface area contributed by atoms with Gasteiger partial charge in [-0.05, 0) is 6.42 Å². The first-order chi connectivity index (χ1) is 14.0. The third kappa shape index (κ3) is 18.1. The highest BCUT2D eigenvalue weighted by Gasteiger charge is 2.24. The molecule has 29 heavy (non-hydrogen) atoms. The summed E-state index contributed by atoms with van der Waals surface area (Å²) < 4.78 is 30.7. The molecule has 0 aliphatic carbocycles. The van der Waals surface area contributed by atoms with Gasteiger partial charge in [0.05, 0.1) is 6.61 Å². The zero-order valence-corrected chi connectivity index (χ0v) is 19.6. The first-order valence-electron chi connectivity index (χ1n) is 11.2. The highest BCUT2D eigenvalue weighted by molar-refractivity contribution is 7.48. The minimum atomic E-state index is -3.63. The molecule has 8 heteroatoms. The minimum Gasteiger partial charge on any atom is -0.463 e. The normalized spacial score (nSPS) is 12.8. The summed E-state index contributed by atoms with van der Waals surface area (Å²) in [5, 5.41) is 9.70. The van der Waals surface area contributed by atoms with Gasteiger partial charge in [0.25, 0.3) is 0 Å². The summed E-state index contributed by atoms with van der Waals surface area (Å²) in [6.45, 7) is 1.74. The summed E-state index contributed by atoms with van der Waals surface area (Å²) in [6.07, 6.45) is 15.6. The average molecular weight is 439 g/mol. The summed E-state index contributed by atoms with van der Waals surface area (Å²) in [5.41, 5.74) is 0. The van der Waals surface area contributed by atoms with Crippen LogP contribution in [0.25, 0.3) is 0 Å². The Labute approximate surface area is 177 Å². The quantitative estimate of drug-likeness (QED) is 0.138. The number of aliphatic hydroxyl groups is 1. The van der Waals surface area contributed by atoms with Crippen molar-refractivity contribution in [2.45, 2.75) is 103 Å². The number of aliphatic hydroxyl groups excluding tert-OH is 1. The van der Waals surface area contributed by atoms with Gasteiger partial charge >= 0.3 is 13.8 Å². The Hall–Kier alpha value is -0.460. The molecule has 0 spiro atoms. The van der Waals surface area contributed by atoms with Crippen LogP contribution in [0, 0.1) is 0 Å². The van der Waals surface area contributed by atoms with Crippen molar-refractivity contribution in [3.8, 4) is 0 Å². The van der Waals surface area contributed by atoms with Gasteiger partial charge < -0.3 is 9.84 Å². The van der Waals surface area contributed by atoms with Gasteiger partial charge in [-0.1, -0.05) is 84.0 Å². The zero-order valence-electron chi connectivity index (χ0n) is 18.7. The first-order valence-corrected chi connectivity index (χ1v) is 12.6. The van der Waals surface area contributed by atoms with Gasteiger partial charge in [0.15, 0.2) is 0 Å². The van der Waals surface area contributed by atoms with Crippen LogP contribution in [0.1, 0.15) is 96.8 Å². The van der Waals surface area contributed by atoms with Crippen molar-refractivity contribution in [3.05, 3.63) is 0 Å². The SMILES string of the molecule is CCCCCCCCCCCCCCCC(=O)OC[C@@H](O)COP(=O)(OC)OC. The molecule has 0 saturated carbocycles. The number of esters is 1. The number of carbonyl (C=O) groups is 1. The Morgan fingerprint density at radius 1 is 0.793 bits per heavy atom. The van der Waals surface area contributed by atoms with E-state index in [-0.39, 0.29) is 19.2 Å². The van der Waals surface area contributed by atoms with E-state index in [1.54, 1.807) is 0 Å². The molecule has 0 aliphatic rings. The van der Waals surface area contributed by atoms with Crippen LogP contribution in [0.5, 0.6) is 0 Å². The van der Waals surface area contributed by atoms with E-state index in [0.29, 0.717) is 6.42 Å². The lowest BCUT2D eigenvalue weighted by Gasteiger charge is -2.16. The minimum absolute atomic E-state index is 0.204. The summed E-state index contributed by atoms with van der Waals surface area (Å²) in [4.78, 5) is 11.7. The summed E-state index contributed by atoms with van der Waals surface area (Å²) >= 11 is 0. The molecule has 1 N–H and O–H groups in total. The fourth-order valence-electron chi connectivity index (χ4n) is 2.95. The third-order valence-electron chi connectivity index (χ3n) is 4.79. The van der Waals surface area contributed by atoms with E-state index >= 15 is 0 Å². The number of phosphoric acid groups is 1. The smallest absolute Gasteiger partial charge is 0.463 e. The van der Waals surface area contributed by atoms with Gasteiger partial charge in [0.2, 0.25) is 0 Å². The summed E-state index contributed by atoms with van der Waals surface area (Å²) in [7, 11) is -1.25. The predicted molar refractivity (Wildman–Crippen MR) is 115 cm³/mol. The molecule has 0 radical (unpaired) electrons. The number of hydrogen-bond donors (Lipinski definition) is 1. The lowest BCUT2D eigenvalue weighted by atomic mass is 10.0. The Morgan fingerprint density at radius 2 is 1.24 bits per heavy atom. The molecule has 0 aromatic carbocycles. The monoisotopic (exact) mass is 438 g/mol. The molecule has 0 rings (SSSR count). The molecule has 0 amide bonds. The lowest BCUT2D eigenvalue weighted by Crippen LogP contribution is -2.23. The Kier molecular flexibility index (Phi) is 19.2. The molecule has 0 unspecified atom stereocenters. The van der Waals surface area contributed by atoms with Crippen LogP contribution in [-0.4, -0.2) is 44.6 Å². The fraction of sp³-hybridized carbons (Fsp3) is 0.952. The number of ether oxygens (including phenoxy) is 1. The number of hydrogen-bond acceptors (Lipinski definition) is 7. The van der Waals surface area contributed by atoms with Gasteiger partial charge in [-0.3, -0.25) is 18.4 Å². The molecule has 0 saturated heterocycles. The largest absolute Gasteiger partial charge is 0.474 e. The van der Waals surface area contributed by atoms with Crippen LogP contribution in [0.4, 0.5) is 0 Å². The Morgan fingerprint density at radius 3 is 1.69 bits per heavy atom. The number of unbranched alkanes of at least 4 members (excludes halogenated alkanes) is 12. The molecule has 0 aromatic rings. The van der Waals surface area contributed by atoms with Crippen molar-refractivity contribution < 1.29 is 32.8 Å². The Balaban J connectivity index is 3.44. The molecule has 0 bridgehead atoms. The molecular weight excluding hydrogens is 395 g/mol. The van der Waals surface area contributed by atoms with Crippen molar-refractivity contribution in [3.63, 3.8) is 0 Å². The highest BCUT2D eigenvalue weighted by atomic mass is 31.2. The molecule has 0 heterocycles. The van der Waals surface area contributed by atoms with Crippen LogP contribution in [0.2, 0.25) is 0 Å². The van der Waals surface area contributed by atoms with Crippen LogP contribution >= 0.6 is 7.82 Å². The first kappa shape index (κ1) is 28.5. The van der Waals surface area contributed by atoms with Gasteiger partial charge in [0.1, 0.15) is 12.7 Å². The van der Waals surface area contributed by atoms with Crippen LogP contribution in [0.15, 0.2) is 0 Å². The fourth-order valence-corrected chi connectivity index (χ4v) is 3.67. The lowest BCUT2D eigenvalue weighted by molar-refractivity contribution is -0.147.